The van der Waals surface area contributed by atoms with Crippen molar-refractivity contribution in [2.45, 2.75) is 19.4 Å². The number of nitro groups is 1. The van der Waals surface area contributed by atoms with Crippen LogP contribution in [0.2, 0.25) is 5.02 Å². The fourth-order valence-corrected chi connectivity index (χ4v) is 2.91. The summed E-state index contributed by atoms with van der Waals surface area (Å²) in [6.45, 7) is 2.43. The Balaban J connectivity index is 1.90. The number of amides is 1. The summed E-state index contributed by atoms with van der Waals surface area (Å²) in [5, 5.41) is 14.2. The molecule has 7 heteroatoms. The summed E-state index contributed by atoms with van der Waals surface area (Å²) in [6, 6.07) is 9.52. The maximum atomic E-state index is 12.5. The number of nitro benzene ring substituents is 1. The number of carbonyl (C=O) groups excluding carboxylic acids is 1. The molecule has 1 aliphatic rings. The molecule has 24 heavy (non-hydrogen) atoms. The van der Waals surface area contributed by atoms with Gasteiger partial charge in [0.05, 0.1) is 17.6 Å². The molecule has 0 saturated heterocycles. The minimum atomic E-state index is -0.608. The summed E-state index contributed by atoms with van der Waals surface area (Å²) >= 11 is 5.79. The molecule has 0 bridgehead atoms. The van der Waals surface area contributed by atoms with Gasteiger partial charge in [0.25, 0.3) is 11.6 Å². The first kappa shape index (κ1) is 16.3. The molecule has 124 valence electrons. The van der Waals surface area contributed by atoms with Crippen molar-refractivity contribution in [1.29, 1.82) is 0 Å². The second-order valence-electron chi connectivity index (χ2n) is 5.62. The van der Waals surface area contributed by atoms with Crippen LogP contribution in [-0.4, -0.2) is 17.4 Å². The fraction of sp³-hybridized carbons (Fsp3) is 0.235. The van der Waals surface area contributed by atoms with Crippen molar-refractivity contribution in [1.82, 2.24) is 5.32 Å². The largest absolute Gasteiger partial charge is 0.493 e. The van der Waals surface area contributed by atoms with Gasteiger partial charge in [-0.25, -0.2) is 0 Å². The molecule has 2 aromatic carbocycles. The standard InChI is InChI=1S/C17H15ClN2O4/c1-10-2-5-16-13(8-10)14(6-7-24-16)19-17(21)12-4-3-11(18)9-15(12)20(22)23/h2-5,8-9,14H,6-7H2,1H3,(H,19,21). The van der Waals surface area contributed by atoms with Gasteiger partial charge in [-0.05, 0) is 25.1 Å². The van der Waals surface area contributed by atoms with Crippen LogP contribution in [0.25, 0.3) is 0 Å². The van der Waals surface area contributed by atoms with Crippen molar-refractivity contribution in [3.8, 4) is 5.75 Å². The minimum Gasteiger partial charge on any atom is -0.493 e. The molecular weight excluding hydrogens is 332 g/mol. The topological polar surface area (TPSA) is 81.5 Å². The van der Waals surface area contributed by atoms with E-state index in [-0.39, 0.29) is 22.3 Å². The molecule has 0 spiro atoms. The average molecular weight is 347 g/mol. The number of ether oxygens (including phenoxy) is 1. The Kier molecular flexibility index (Phi) is 4.40. The van der Waals surface area contributed by atoms with Gasteiger partial charge in [-0.3, -0.25) is 14.9 Å². The van der Waals surface area contributed by atoms with E-state index in [0.29, 0.717) is 13.0 Å². The molecule has 1 amide bonds. The van der Waals surface area contributed by atoms with E-state index in [0.717, 1.165) is 16.9 Å². The molecule has 1 aliphatic heterocycles. The van der Waals surface area contributed by atoms with Gasteiger partial charge in [0.2, 0.25) is 0 Å². The van der Waals surface area contributed by atoms with Crippen molar-refractivity contribution in [3.05, 3.63) is 68.2 Å². The quantitative estimate of drug-likeness (QED) is 0.676. The van der Waals surface area contributed by atoms with Crippen LogP contribution in [0.15, 0.2) is 36.4 Å². The zero-order chi connectivity index (χ0) is 17.3. The lowest BCUT2D eigenvalue weighted by Gasteiger charge is -2.27. The van der Waals surface area contributed by atoms with Crippen LogP contribution >= 0.6 is 11.6 Å². The number of halogens is 1. The maximum absolute atomic E-state index is 12.5. The first-order chi connectivity index (χ1) is 11.5. The molecule has 0 radical (unpaired) electrons. The van der Waals surface area contributed by atoms with Crippen LogP contribution in [0, 0.1) is 17.0 Å². The number of fused-ring (bicyclic) bond motifs is 1. The molecule has 3 rings (SSSR count). The molecule has 1 atom stereocenters. The summed E-state index contributed by atoms with van der Waals surface area (Å²) in [5.41, 5.74) is 1.61. The van der Waals surface area contributed by atoms with Gasteiger partial charge in [-0.1, -0.05) is 29.3 Å². The highest BCUT2D eigenvalue weighted by Gasteiger charge is 2.27. The predicted octanol–water partition coefficient (Wildman–Crippen LogP) is 3.81. The number of rotatable bonds is 3. The molecular formula is C17H15ClN2O4. The molecule has 6 nitrogen and oxygen atoms in total. The van der Waals surface area contributed by atoms with Crippen molar-refractivity contribution < 1.29 is 14.5 Å². The molecule has 0 saturated carbocycles. The molecule has 0 aromatic heterocycles. The van der Waals surface area contributed by atoms with Gasteiger partial charge in [-0.2, -0.15) is 0 Å². The number of nitrogens with one attached hydrogen (secondary N) is 1. The molecule has 1 N–H and O–H groups in total. The molecule has 1 unspecified atom stereocenters. The van der Waals surface area contributed by atoms with E-state index >= 15 is 0 Å². The Hall–Kier alpha value is -2.60. The zero-order valence-corrected chi connectivity index (χ0v) is 13.7. The zero-order valence-electron chi connectivity index (χ0n) is 12.9. The smallest absolute Gasteiger partial charge is 0.283 e. The van der Waals surface area contributed by atoms with Crippen LogP contribution < -0.4 is 10.1 Å². The predicted molar refractivity (Wildman–Crippen MR) is 89.6 cm³/mol. The Bertz CT molecular complexity index is 822. The van der Waals surface area contributed by atoms with Gasteiger partial charge >= 0.3 is 0 Å². The third kappa shape index (κ3) is 3.19. The Morgan fingerprint density at radius 3 is 2.88 bits per heavy atom. The molecule has 0 aliphatic carbocycles. The number of aryl methyl sites for hydroxylation is 1. The third-order valence-electron chi connectivity index (χ3n) is 3.91. The van der Waals surface area contributed by atoms with Crippen LogP contribution in [0.4, 0.5) is 5.69 Å². The van der Waals surface area contributed by atoms with Crippen LogP contribution in [0.1, 0.15) is 33.9 Å². The van der Waals surface area contributed by atoms with E-state index in [1.165, 1.54) is 18.2 Å². The van der Waals surface area contributed by atoms with Crippen molar-refractivity contribution >= 4 is 23.2 Å². The summed E-state index contributed by atoms with van der Waals surface area (Å²) in [5.74, 6) is 0.223. The lowest BCUT2D eigenvalue weighted by Crippen LogP contribution is -2.32. The third-order valence-corrected chi connectivity index (χ3v) is 4.15. The normalized spacial score (nSPS) is 16.0. The fourth-order valence-electron chi connectivity index (χ4n) is 2.75. The summed E-state index contributed by atoms with van der Waals surface area (Å²) in [7, 11) is 0. The minimum absolute atomic E-state index is 0.00917. The molecule has 0 fully saturated rings. The van der Waals surface area contributed by atoms with Crippen LogP contribution in [-0.2, 0) is 0 Å². The number of nitrogens with zero attached hydrogens (tertiary/aromatic N) is 1. The summed E-state index contributed by atoms with van der Waals surface area (Å²) in [6.07, 6.45) is 0.601. The maximum Gasteiger partial charge on any atom is 0.283 e. The number of benzene rings is 2. The van der Waals surface area contributed by atoms with E-state index in [4.69, 9.17) is 16.3 Å². The van der Waals surface area contributed by atoms with E-state index in [2.05, 4.69) is 5.32 Å². The monoisotopic (exact) mass is 346 g/mol. The van der Waals surface area contributed by atoms with Gasteiger partial charge in [0.1, 0.15) is 11.3 Å². The number of hydrogen-bond donors (Lipinski definition) is 1. The lowest BCUT2D eigenvalue weighted by molar-refractivity contribution is -0.385. The lowest BCUT2D eigenvalue weighted by atomic mass is 9.98. The van der Waals surface area contributed by atoms with Crippen molar-refractivity contribution in [2.75, 3.05) is 6.61 Å². The SMILES string of the molecule is Cc1ccc2c(c1)C(NC(=O)c1ccc(Cl)cc1[N+](=O)[O-])CCO2. The second-order valence-corrected chi connectivity index (χ2v) is 6.06. The Morgan fingerprint density at radius 2 is 2.12 bits per heavy atom. The highest BCUT2D eigenvalue weighted by atomic mass is 35.5. The van der Waals surface area contributed by atoms with Crippen molar-refractivity contribution in [2.24, 2.45) is 0 Å². The van der Waals surface area contributed by atoms with Gasteiger partial charge < -0.3 is 10.1 Å². The second kappa shape index (κ2) is 6.49. The number of carbonyl (C=O) groups is 1. The molecule has 2 aromatic rings. The van der Waals surface area contributed by atoms with Gasteiger partial charge in [0, 0.05) is 23.1 Å². The molecule has 1 heterocycles. The van der Waals surface area contributed by atoms with Crippen LogP contribution in [0.5, 0.6) is 5.75 Å². The summed E-state index contributed by atoms with van der Waals surface area (Å²) < 4.78 is 5.60. The average Bonchev–Trinajstić information content (AvgIpc) is 2.55. The van der Waals surface area contributed by atoms with Gasteiger partial charge in [0.15, 0.2) is 0 Å². The van der Waals surface area contributed by atoms with Gasteiger partial charge in [-0.15, -0.1) is 0 Å². The van der Waals surface area contributed by atoms with E-state index in [1.807, 2.05) is 25.1 Å². The van der Waals surface area contributed by atoms with E-state index in [9.17, 15) is 14.9 Å². The highest BCUT2D eigenvalue weighted by Crippen LogP contribution is 2.33. The van der Waals surface area contributed by atoms with Crippen LogP contribution in [0.3, 0.4) is 0 Å². The first-order valence-electron chi connectivity index (χ1n) is 7.44. The van der Waals surface area contributed by atoms with E-state index < -0.39 is 10.8 Å². The highest BCUT2D eigenvalue weighted by molar-refractivity contribution is 6.31. The van der Waals surface area contributed by atoms with Crippen molar-refractivity contribution in [3.63, 3.8) is 0 Å². The van der Waals surface area contributed by atoms with E-state index in [1.54, 1.807) is 0 Å². The number of hydrogen-bond acceptors (Lipinski definition) is 4. The Labute approximate surface area is 143 Å². The summed E-state index contributed by atoms with van der Waals surface area (Å²) in [4.78, 5) is 23.1. The Morgan fingerprint density at radius 1 is 1.33 bits per heavy atom. The first-order valence-corrected chi connectivity index (χ1v) is 7.81.